The van der Waals surface area contributed by atoms with Gasteiger partial charge in [0.15, 0.2) is 10.3 Å². The Balaban J connectivity index is 1.73. The van der Waals surface area contributed by atoms with Gasteiger partial charge >= 0.3 is 0 Å². The summed E-state index contributed by atoms with van der Waals surface area (Å²) in [5.74, 6) is -0.479. The van der Waals surface area contributed by atoms with Gasteiger partial charge in [0.2, 0.25) is 0 Å². The zero-order chi connectivity index (χ0) is 19.5. The minimum absolute atomic E-state index is 0.106. The fourth-order valence-corrected chi connectivity index (χ4v) is 4.73. The van der Waals surface area contributed by atoms with E-state index in [9.17, 15) is 9.18 Å². The Morgan fingerprint density at radius 1 is 1.18 bits per heavy atom. The molecule has 0 unspecified atom stereocenters. The van der Waals surface area contributed by atoms with Gasteiger partial charge < -0.3 is 0 Å². The molecule has 0 atom stereocenters. The second-order valence-corrected chi connectivity index (χ2v) is 8.17. The number of thioether (sulfide) groups is 1. The lowest BCUT2D eigenvalue weighted by atomic mass is 9.94. The summed E-state index contributed by atoms with van der Waals surface area (Å²) in [5, 5.41) is 0.868. The van der Waals surface area contributed by atoms with Gasteiger partial charge in [-0.3, -0.25) is 9.69 Å². The number of hydrogen-bond donors (Lipinski definition) is 0. The Kier molecular flexibility index (Phi) is 5.78. The van der Waals surface area contributed by atoms with Crippen LogP contribution in [0.25, 0.3) is 6.08 Å². The Morgan fingerprint density at radius 3 is 2.71 bits per heavy atom. The first-order valence-electron chi connectivity index (χ1n) is 9.30. The highest BCUT2D eigenvalue weighted by Crippen LogP contribution is 2.39. The van der Waals surface area contributed by atoms with Crippen molar-refractivity contribution in [2.45, 2.75) is 38.1 Å². The molecule has 2 fully saturated rings. The molecule has 1 aliphatic heterocycles. The number of benzene rings is 1. The molecule has 2 aliphatic rings. The van der Waals surface area contributed by atoms with Gasteiger partial charge in [-0.1, -0.05) is 49.1 Å². The van der Waals surface area contributed by atoms with Crippen LogP contribution in [-0.2, 0) is 4.79 Å². The van der Waals surface area contributed by atoms with Gasteiger partial charge in [-0.25, -0.2) is 14.4 Å². The predicted molar refractivity (Wildman–Crippen MR) is 112 cm³/mol. The average Bonchev–Trinajstić information content (AvgIpc) is 3.01. The Hall–Kier alpha value is -2.18. The van der Waals surface area contributed by atoms with E-state index >= 15 is 0 Å². The third kappa shape index (κ3) is 3.98. The predicted octanol–water partition coefficient (Wildman–Crippen LogP) is 5.81. The fourth-order valence-electron chi connectivity index (χ4n) is 3.52. The van der Waals surface area contributed by atoms with Gasteiger partial charge in [0.25, 0.3) is 5.91 Å². The van der Waals surface area contributed by atoms with Gasteiger partial charge in [0.05, 0.1) is 4.91 Å². The molecule has 0 spiro atoms. The molecule has 4 rings (SSSR count). The summed E-state index contributed by atoms with van der Waals surface area (Å²) >= 11 is 7.43. The van der Waals surface area contributed by atoms with Crippen LogP contribution in [0.5, 0.6) is 0 Å². The monoisotopic (exact) mass is 415 g/mol. The van der Waals surface area contributed by atoms with Gasteiger partial charge in [0.1, 0.15) is 11.5 Å². The van der Waals surface area contributed by atoms with Crippen molar-refractivity contribution >= 4 is 46.2 Å². The number of amides is 1. The van der Waals surface area contributed by atoms with Crippen LogP contribution in [0.1, 0.15) is 37.7 Å². The molecule has 2 aromatic rings. The quantitative estimate of drug-likeness (QED) is 0.469. The molecule has 2 heterocycles. The normalized spacial score (nSPS) is 21.1. The topological polar surface area (TPSA) is 45.6 Å². The summed E-state index contributed by atoms with van der Waals surface area (Å²) in [5.41, 5.74) is 0.912. The number of pyridine rings is 1. The van der Waals surface area contributed by atoms with Crippen molar-refractivity contribution in [1.82, 2.24) is 9.88 Å². The van der Waals surface area contributed by atoms with Crippen molar-refractivity contribution in [3.8, 4) is 0 Å². The second kappa shape index (κ2) is 8.45. The van der Waals surface area contributed by atoms with E-state index in [0.717, 1.165) is 25.7 Å². The average molecular weight is 416 g/mol. The van der Waals surface area contributed by atoms with Crippen LogP contribution in [0.4, 0.5) is 10.1 Å². The lowest BCUT2D eigenvalue weighted by Gasteiger charge is -2.30. The first kappa shape index (κ1) is 19.2. The van der Waals surface area contributed by atoms with Crippen LogP contribution in [0, 0.1) is 5.82 Å². The van der Waals surface area contributed by atoms with Crippen LogP contribution >= 0.6 is 23.4 Å². The van der Waals surface area contributed by atoms with E-state index in [1.54, 1.807) is 47.5 Å². The van der Waals surface area contributed by atoms with Crippen LogP contribution in [0.15, 0.2) is 52.5 Å². The van der Waals surface area contributed by atoms with Crippen LogP contribution < -0.4 is 0 Å². The minimum atomic E-state index is -0.353. The molecule has 1 aliphatic carbocycles. The third-order valence-electron chi connectivity index (χ3n) is 4.92. The SMILES string of the molecule is O=C1/C(=C/c2ccccc2F)SC(=Nc2cccnc2Cl)N1C1CCCCC1. The molecular weight excluding hydrogens is 397 g/mol. The van der Waals surface area contributed by atoms with Crippen molar-refractivity contribution in [2.75, 3.05) is 0 Å². The Labute approximate surface area is 172 Å². The van der Waals surface area contributed by atoms with Crippen molar-refractivity contribution in [3.05, 3.63) is 64.0 Å². The van der Waals surface area contributed by atoms with E-state index in [4.69, 9.17) is 11.6 Å². The van der Waals surface area contributed by atoms with E-state index in [1.165, 1.54) is 24.2 Å². The lowest BCUT2D eigenvalue weighted by molar-refractivity contribution is -0.124. The van der Waals surface area contributed by atoms with Gasteiger partial charge in [-0.15, -0.1) is 0 Å². The number of carbonyl (C=O) groups excluding carboxylic acids is 1. The minimum Gasteiger partial charge on any atom is -0.283 e. The standard InChI is InChI=1S/C21H19ClFN3OS/c22-19-17(11-6-12-24-19)25-21-26(15-8-2-1-3-9-15)20(27)18(28-21)13-14-7-4-5-10-16(14)23/h4-7,10-13,15H,1-3,8-9H2/b18-13-,25-21?. The first-order chi connectivity index (χ1) is 13.6. The molecule has 1 amide bonds. The zero-order valence-electron chi connectivity index (χ0n) is 15.1. The van der Waals surface area contributed by atoms with E-state index < -0.39 is 0 Å². The highest BCUT2D eigenvalue weighted by Gasteiger charge is 2.38. The first-order valence-corrected chi connectivity index (χ1v) is 10.5. The van der Waals surface area contributed by atoms with E-state index in [-0.39, 0.29) is 22.9 Å². The number of nitrogens with zero attached hydrogens (tertiary/aromatic N) is 3. The largest absolute Gasteiger partial charge is 0.283 e. The highest BCUT2D eigenvalue weighted by atomic mass is 35.5. The fraction of sp³-hybridized carbons (Fsp3) is 0.286. The molecule has 1 saturated heterocycles. The summed E-state index contributed by atoms with van der Waals surface area (Å²) in [6.07, 6.45) is 8.45. The zero-order valence-corrected chi connectivity index (χ0v) is 16.7. The van der Waals surface area contributed by atoms with E-state index in [0.29, 0.717) is 21.3 Å². The van der Waals surface area contributed by atoms with Gasteiger partial charge in [-0.2, -0.15) is 0 Å². The number of halogens is 2. The number of carbonyl (C=O) groups is 1. The summed E-state index contributed by atoms with van der Waals surface area (Å²) in [7, 11) is 0. The number of aliphatic imine (C=N–C) groups is 1. The molecule has 144 valence electrons. The summed E-state index contributed by atoms with van der Waals surface area (Å²) in [6.45, 7) is 0. The molecule has 1 saturated carbocycles. The third-order valence-corrected chi connectivity index (χ3v) is 6.20. The molecule has 4 nitrogen and oxygen atoms in total. The summed E-state index contributed by atoms with van der Waals surface area (Å²) in [6, 6.07) is 10.1. The van der Waals surface area contributed by atoms with Crippen LogP contribution in [0.2, 0.25) is 5.15 Å². The lowest BCUT2D eigenvalue weighted by Crippen LogP contribution is -2.40. The van der Waals surface area contributed by atoms with Crippen molar-refractivity contribution < 1.29 is 9.18 Å². The summed E-state index contributed by atoms with van der Waals surface area (Å²) in [4.78, 5) is 24.1. The second-order valence-electron chi connectivity index (χ2n) is 6.81. The van der Waals surface area contributed by atoms with Gasteiger partial charge in [0, 0.05) is 17.8 Å². The Morgan fingerprint density at radius 2 is 1.96 bits per heavy atom. The summed E-state index contributed by atoms with van der Waals surface area (Å²) < 4.78 is 14.1. The molecule has 0 bridgehead atoms. The number of aromatic nitrogens is 1. The van der Waals surface area contributed by atoms with Crippen molar-refractivity contribution in [3.63, 3.8) is 0 Å². The number of hydrogen-bond acceptors (Lipinski definition) is 4. The molecular formula is C21H19ClFN3OS. The van der Waals surface area contributed by atoms with Gasteiger partial charge in [-0.05, 0) is 48.9 Å². The van der Waals surface area contributed by atoms with Crippen LogP contribution in [0.3, 0.4) is 0 Å². The van der Waals surface area contributed by atoms with Crippen molar-refractivity contribution in [2.24, 2.45) is 4.99 Å². The maximum absolute atomic E-state index is 14.1. The number of amidine groups is 1. The number of rotatable bonds is 3. The molecule has 0 N–H and O–H groups in total. The molecule has 0 radical (unpaired) electrons. The molecule has 1 aromatic heterocycles. The molecule has 7 heteroatoms. The van der Waals surface area contributed by atoms with Crippen molar-refractivity contribution in [1.29, 1.82) is 0 Å². The smallest absolute Gasteiger partial charge is 0.267 e. The molecule has 1 aromatic carbocycles. The highest BCUT2D eigenvalue weighted by molar-refractivity contribution is 8.18. The molecule has 28 heavy (non-hydrogen) atoms. The maximum Gasteiger partial charge on any atom is 0.267 e. The van der Waals surface area contributed by atoms with E-state index in [2.05, 4.69) is 9.98 Å². The Bertz CT molecular complexity index is 956. The maximum atomic E-state index is 14.1. The van der Waals surface area contributed by atoms with Crippen LogP contribution in [-0.4, -0.2) is 27.0 Å². The van der Waals surface area contributed by atoms with E-state index in [1.807, 2.05) is 0 Å².